The number of carboxylic acids is 1. The molecule has 0 bridgehead atoms. The van der Waals surface area contributed by atoms with Gasteiger partial charge in [-0.15, -0.1) is 24.4 Å². The molecule has 2 atom stereocenters. The van der Waals surface area contributed by atoms with E-state index in [1.807, 2.05) is 0 Å². The number of rotatable bonds is 7. The fourth-order valence-electron chi connectivity index (χ4n) is 3.13. The topological polar surface area (TPSA) is 139 Å². The minimum absolute atomic E-state index is 0.0300. The molecule has 162 valence electrons. The maximum absolute atomic E-state index is 13.1. The largest absolute Gasteiger partial charge is 0.477 e. The quantitative estimate of drug-likeness (QED) is 0.114. The summed E-state index contributed by atoms with van der Waals surface area (Å²) >= 11 is 10.6. The van der Waals surface area contributed by atoms with E-state index >= 15 is 0 Å². The van der Waals surface area contributed by atoms with Gasteiger partial charge in [0.2, 0.25) is 5.54 Å². The number of hydrogen-bond donors (Lipinski definition) is 2. The van der Waals surface area contributed by atoms with Crippen LogP contribution in [0.4, 0.5) is 5.69 Å². The molecule has 13 heteroatoms. The molecule has 2 heterocycles. The Morgan fingerprint density at radius 3 is 2.65 bits per heavy atom. The van der Waals surface area contributed by atoms with Gasteiger partial charge in [-0.25, -0.2) is 4.79 Å². The number of carboxylic acid groups (broad SMARTS) is 1. The maximum Gasteiger partial charge on any atom is 0.352 e. The van der Waals surface area contributed by atoms with Crippen LogP contribution >= 0.6 is 36.6 Å². The Kier molecular flexibility index (Phi) is 6.48. The molecule has 10 nitrogen and oxygen atoms in total. The summed E-state index contributed by atoms with van der Waals surface area (Å²) in [5.41, 5.74) is -1.15. The lowest BCUT2D eigenvalue weighted by Crippen LogP contribution is -2.75. The van der Waals surface area contributed by atoms with Crippen molar-refractivity contribution in [3.63, 3.8) is 0 Å². The number of amides is 1. The molecule has 31 heavy (non-hydrogen) atoms. The molecule has 0 aliphatic carbocycles. The summed E-state index contributed by atoms with van der Waals surface area (Å²) < 4.78 is 4.88. The van der Waals surface area contributed by atoms with Gasteiger partial charge in [-0.1, -0.05) is 12.2 Å². The average molecular weight is 482 g/mol. The van der Waals surface area contributed by atoms with Crippen molar-refractivity contribution in [1.82, 2.24) is 4.90 Å². The predicted octanol–water partition coefficient (Wildman–Crippen LogP) is 1.83. The van der Waals surface area contributed by atoms with E-state index in [-0.39, 0.29) is 33.5 Å². The van der Waals surface area contributed by atoms with E-state index in [9.17, 15) is 29.6 Å². The Morgan fingerprint density at radius 2 is 2.13 bits per heavy atom. The van der Waals surface area contributed by atoms with E-state index in [0.717, 1.165) is 4.90 Å². The number of thiocarbonyl (C=S) groups is 1. The van der Waals surface area contributed by atoms with Crippen molar-refractivity contribution in [2.75, 3.05) is 12.4 Å². The highest BCUT2D eigenvalue weighted by atomic mass is 32.2. The van der Waals surface area contributed by atoms with E-state index in [1.54, 1.807) is 0 Å². The number of nitro groups is 1. The number of nitro benzene ring substituents is 1. The molecular formula is C18H15N3O7S3. The fourth-order valence-corrected chi connectivity index (χ4v) is 5.27. The standard InChI is InChI=1S/C18H15N3O7S3/c1-9(22)28-7-11-8-31-16-18(17(29)30,15(25)20(16)13(11)14(23)24)19-6-10-2-4-12(5-3-10)21(26)27/h2-6,16H,7-8H2,1H3,(H,23,24)(H,29,30)/t16-,18+/m1/s1. The van der Waals surface area contributed by atoms with Gasteiger partial charge < -0.3 is 9.84 Å². The number of carbonyl (C=O) groups is 3. The first kappa shape index (κ1) is 22.9. The molecule has 0 saturated carbocycles. The zero-order valence-electron chi connectivity index (χ0n) is 15.9. The van der Waals surface area contributed by atoms with Crippen LogP contribution in [0.15, 0.2) is 40.5 Å². The lowest BCUT2D eigenvalue weighted by molar-refractivity contribution is -0.384. The SMILES string of the molecule is CC(=O)OCC1=C(C(=O)O)N2C(=O)[C@@](N=Cc3ccc([N+](=O)[O-])cc3)(C(=S)S)[C@H]2SC1. The highest BCUT2D eigenvalue weighted by Gasteiger charge is 2.66. The van der Waals surface area contributed by atoms with Gasteiger partial charge in [0.05, 0.1) is 9.12 Å². The van der Waals surface area contributed by atoms with E-state index in [1.165, 1.54) is 49.2 Å². The lowest BCUT2D eigenvalue weighted by atomic mass is 9.88. The first-order valence-electron chi connectivity index (χ1n) is 8.66. The van der Waals surface area contributed by atoms with Gasteiger partial charge in [-0.05, 0) is 17.7 Å². The first-order valence-corrected chi connectivity index (χ1v) is 10.6. The normalized spacial score (nSPS) is 22.7. The number of hydrogen-bond acceptors (Lipinski definition) is 9. The Morgan fingerprint density at radius 1 is 1.48 bits per heavy atom. The number of benzene rings is 1. The summed E-state index contributed by atoms with van der Waals surface area (Å²) in [6.45, 7) is 0.955. The molecular weight excluding hydrogens is 466 g/mol. The van der Waals surface area contributed by atoms with E-state index in [4.69, 9.17) is 17.0 Å². The number of thiol groups is 1. The monoisotopic (exact) mass is 481 g/mol. The van der Waals surface area contributed by atoms with E-state index < -0.39 is 33.7 Å². The number of non-ortho nitro benzene ring substituents is 1. The van der Waals surface area contributed by atoms with E-state index in [0.29, 0.717) is 5.56 Å². The van der Waals surface area contributed by atoms with Gasteiger partial charge in [0, 0.05) is 36.6 Å². The molecule has 0 spiro atoms. The van der Waals surface area contributed by atoms with Crippen LogP contribution in [0.3, 0.4) is 0 Å². The summed E-state index contributed by atoms with van der Waals surface area (Å²) in [4.78, 5) is 51.7. The second-order valence-electron chi connectivity index (χ2n) is 6.55. The molecule has 0 unspecified atom stereocenters. The van der Waals surface area contributed by atoms with Gasteiger partial charge in [-0.2, -0.15) is 0 Å². The summed E-state index contributed by atoms with van der Waals surface area (Å²) in [7, 11) is 0. The third kappa shape index (κ3) is 4.07. The van der Waals surface area contributed by atoms with Crippen LogP contribution in [0.1, 0.15) is 12.5 Å². The van der Waals surface area contributed by atoms with Crippen molar-refractivity contribution < 1.29 is 29.2 Å². The van der Waals surface area contributed by atoms with Crippen LogP contribution in [0.2, 0.25) is 0 Å². The van der Waals surface area contributed by atoms with Crippen molar-refractivity contribution in [2.45, 2.75) is 17.8 Å². The highest BCUT2D eigenvalue weighted by Crippen LogP contribution is 2.49. The molecule has 2 aliphatic heterocycles. The van der Waals surface area contributed by atoms with Crippen LogP contribution in [0, 0.1) is 10.1 Å². The second kappa shape index (κ2) is 8.77. The molecule has 2 aliphatic rings. The molecule has 0 radical (unpaired) electrons. The lowest BCUT2D eigenvalue weighted by Gasteiger charge is -2.54. The Balaban J connectivity index is 1.93. The van der Waals surface area contributed by atoms with Gasteiger partial charge in [0.1, 0.15) is 17.7 Å². The highest BCUT2D eigenvalue weighted by molar-refractivity contribution is 8.11. The van der Waals surface area contributed by atoms with Crippen LogP contribution < -0.4 is 0 Å². The number of thioether (sulfide) groups is 1. The Bertz CT molecular complexity index is 1050. The molecule has 1 fully saturated rings. The third-order valence-electron chi connectivity index (χ3n) is 4.63. The van der Waals surface area contributed by atoms with Crippen LogP contribution in [0.25, 0.3) is 0 Å². The minimum Gasteiger partial charge on any atom is -0.477 e. The van der Waals surface area contributed by atoms with Gasteiger partial charge in [-0.3, -0.25) is 29.6 Å². The van der Waals surface area contributed by atoms with Crippen molar-refractivity contribution >= 4 is 70.6 Å². The van der Waals surface area contributed by atoms with Crippen LogP contribution in [0.5, 0.6) is 0 Å². The smallest absolute Gasteiger partial charge is 0.352 e. The van der Waals surface area contributed by atoms with Crippen LogP contribution in [-0.2, 0) is 19.1 Å². The molecule has 1 aromatic rings. The molecule has 1 saturated heterocycles. The number of nitrogens with zero attached hydrogens (tertiary/aromatic N) is 3. The number of ether oxygens (including phenoxy) is 1. The number of fused-ring (bicyclic) bond motifs is 1. The zero-order chi connectivity index (χ0) is 22.9. The number of esters is 1. The molecule has 0 aromatic heterocycles. The van der Waals surface area contributed by atoms with Gasteiger partial charge >= 0.3 is 11.9 Å². The van der Waals surface area contributed by atoms with Crippen molar-refractivity contribution in [3.8, 4) is 0 Å². The zero-order valence-corrected chi connectivity index (χ0v) is 18.4. The first-order chi connectivity index (χ1) is 14.6. The molecule has 3 rings (SSSR count). The maximum atomic E-state index is 13.1. The number of carbonyl (C=O) groups excluding carboxylic acids is 2. The fraction of sp³-hybridized carbons (Fsp3) is 0.278. The molecule has 1 N–H and O–H groups in total. The minimum atomic E-state index is -1.57. The third-order valence-corrected chi connectivity index (χ3v) is 6.66. The van der Waals surface area contributed by atoms with Gasteiger partial charge in [0.15, 0.2) is 0 Å². The Hall–Kier alpha value is -2.77. The van der Waals surface area contributed by atoms with Crippen molar-refractivity contribution in [2.24, 2.45) is 4.99 Å². The molecule has 1 amide bonds. The summed E-state index contributed by atoms with van der Waals surface area (Å²) in [6.07, 6.45) is 1.35. The van der Waals surface area contributed by atoms with E-state index in [2.05, 4.69) is 17.6 Å². The predicted molar refractivity (Wildman–Crippen MR) is 119 cm³/mol. The second-order valence-corrected chi connectivity index (χ2v) is 8.78. The number of aliphatic imine (C=N–C) groups is 1. The van der Waals surface area contributed by atoms with Crippen molar-refractivity contribution in [1.29, 1.82) is 0 Å². The Labute approximate surface area is 190 Å². The van der Waals surface area contributed by atoms with Crippen molar-refractivity contribution in [3.05, 3.63) is 51.2 Å². The number of aliphatic carboxylic acids is 1. The summed E-state index contributed by atoms with van der Waals surface area (Å²) in [6, 6.07) is 5.52. The van der Waals surface area contributed by atoms with Crippen LogP contribution in [-0.4, -0.2) is 66.5 Å². The number of β-lactam (4-membered cyclic amide) rings is 1. The average Bonchev–Trinajstić information content (AvgIpc) is 2.71. The summed E-state index contributed by atoms with van der Waals surface area (Å²) in [5, 5.41) is 19.7. The summed E-state index contributed by atoms with van der Waals surface area (Å²) in [5.74, 6) is -2.38. The van der Waals surface area contributed by atoms with Gasteiger partial charge in [0.25, 0.3) is 11.6 Å². The molecule has 1 aromatic carbocycles.